The van der Waals surface area contributed by atoms with E-state index in [0.717, 1.165) is 79.2 Å². The Kier molecular flexibility index (Phi) is 17.6. The van der Waals surface area contributed by atoms with Crippen LogP contribution in [0.5, 0.6) is 5.75 Å². The van der Waals surface area contributed by atoms with Crippen molar-refractivity contribution in [3.05, 3.63) is 165 Å². The number of unbranched alkanes of at least 4 members (excludes halogenated alkanes) is 7. The highest BCUT2D eigenvalue weighted by Gasteiger charge is 2.39. The Morgan fingerprint density at radius 3 is 1.30 bits per heavy atom. The fourth-order valence-corrected chi connectivity index (χ4v) is 8.52. The van der Waals surface area contributed by atoms with Gasteiger partial charge in [-0.2, -0.15) is 0 Å². The number of amides is 2. The Hall–Kier alpha value is -5.73. The van der Waals surface area contributed by atoms with Crippen LogP contribution in [-0.2, 0) is 42.6 Å². The average Bonchev–Trinajstić information content (AvgIpc) is 3.26. The Balaban J connectivity index is 1.15. The van der Waals surface area contributed by atoms with Crippen LogP contribution < -0.4 is 10.6 Å². The molecule has 4 N–H and O–H groups in total. The molecule has 5 aromatic rings. The number of ether oxygens (including phenoxy) is 1. The van der Waals surface area contributed by atoms with Gasteiger partial charge in [0.25, 0.3) is 0 Å². The van der Waals surface area contributed by atoms with E-state index in [1.54, 1.807) is 6.07 Å². The van der Waals surface area contributed by atoms with E-state index in [4.69, 9.17) is 9.84 Å². The van der Waals surface area contributed by atoms with Crippen LogP contribution in [0.3, 0.4) is 0 Å². The first-order valence-corrected chi connectivity index (χ1v) is 23.8. The summed E-state index contributed by atoms with van der Waals surface area (Å²) in [5, 5.41) is 24.7. The van der Waals surface area contributed by atoms with Gasteiger partial charge in [-0.15, -0.1) is 0 Å². The summed E-state index contributed by atoms with van der Waals surface area (Å²) in [4.78, 5) is 36.8. The number of phenols is 1. The summed E-state index contributed by atoms with van der Waals surface area (Å²) in [6, 6.07) is 39.9. The molecule has 0 aromatic heterocycles. The number of benzene rings is 5. The molecule has 0 aliphatic carbocycles. The van der Waals surface area contributed by atoms with Crippen molar-refractivity contribution in [2.45, 2.75) is 148 Å². The molecule has 0 fully saturated rings. The average molecular weight is 895 g/mol. The molecule has 0 aliphatic heterocycles. The quantitative estimate of drug-likeness (QED) is 0.0429. The second-order valence-corrected chi connectivity index (χ2v) is 20.9. The lowest BCUT2D eigenvalue weighted by Crippen LogP contribution is -2.33. The van der Waals surface area contributed by atoms with Crippen molar-refractivity contribution in [3.63, 3.8) is 0 Å². The zero-order valence-electron chi connectivity index (χ0n) is 41.0. The standard InChI is InChI=1S/C58H74N2O6/c1-55(2,3)42-20-26-45(27-21-42)58(46-28-22-43(23-29-46)56(4,5)6,47-30-24-44(25-31-47)57(7,8)9)48-32-34-49(35-33-48)60-53(63)39-59-52(62)18-16-14-12-10-11-13-15-17-37-66-40-41-19-36-50(54(64)65)51(61)38-41/h19-36,38,61H,10-18,37,39-40H2,1-9H3,(H,59,62)(H,60,63)(H,64,65). The Morgan fingerprint density at radius 2 is 0.894 bits per heavy atom. The van der Waals surface area contributed by atoms with Gasteiger partial charge in [0.15, 0.2) is 0 Å². The van der Waals surface area contributed by atoms with Crippen molar-refractivity contribution in [1.29, 1.82) is 0 Å². The number of hydrogen-bond donors (Lipinski definition) is 4. The number of carbonyl (C=O) groups is 3. The van der Waals surface area contributed by atoms with E-state index in [1.165, 1.54) is 28.8 Å². The van der Waals surface area contributed by atoms with Gasteiger partial charge in [-0.25, -0.2) is 4.79 Å². The number of nitrogens with one attached hydrogen (secondary N) is 2. The lowest BCUT2D eigenvalue weighted by Gasteiger charge is -2.38. The molecule has 8 nitrogen and oxygen atoms in total. The number of carboxylic acid groups (broad SMARTS) is 1. The summed E-state index contributed by atoms with van der Waals surface area (Å²) in [7, 11) is 0. The van der Waals surface area contributed by atoms with Gasteiger partial charge in [-0.1, -0.05) is 192 Å². The van der Waals surface area contributed by atoms with Gasteiger partial charge in [0, 0.05) is 18.7 Å². The SMILES string of the molecule is CC(C)(C)c1ccc(C(c2ccc(NC(=O)CNC(=O)CCCCCCCCCCOCc3ccc(C(=O)O)c(O)c3)cc2)(c2ccc(C(C)(C)C)cc2)c2ccc(C(C)(C)C)cc2)cc1. The first-order chi connectivity index (χ1) is 31.2. The monoisotopic (exact) mass is 895 g/mol. The predicted molar refractivity (Wildman–Crippen MR) is 269 cm³/mol. The molecule has 0 aliphatic rings. The smallest absolute Gasteiger partial charge is 0.339 e. The zero-order chi connectivity index (χ0) is 48.1. The third kappa shape index (κ3) is 13.9. The number of carboxylic acids is 1. The molecule has 0 saturated carbocycles. The van der Waals surface area contributed by atoms with E-state index >= 15 is 0 Å². The van der Waals surface area contributed by atoms with Gasteiger partial charge in [-0.3, -0.25) is 9.59 Å². The molecule has 5 rings (SSSR count). The second kappa shape index (κ2) is 22.6. The third-order valence-electron chi connectivity index (χ3n) is 12.6. The van der Waals surface area contributed by atoms with Crippen LogP contribution in [0.15, 0.2) is 115 Å². The highest BCUT2D eigenvalue weighted by molar-refractivity contribution is 5.94. The molecular weight excluding hydrogens is 821 g/mol. The normalized spacial score (nSPS) is 12.2. The largest absolute Gasteiger partial charge is 0.507 e. The van der Waals surface area contributed by atoms with Gasteiger partial charge < -0.3 is 25.6 Å². The van der Waals surface area contributed by atoms with Crippen molar-refractivity contribution < 1.29 is 29.3 Å². The van der Waals surface area contributed by atoms with E-state index in [-0.39, 0.29) is 45.9 Å². The van der Waals surface area contributed by atoms with Crippen LogP contribution in [0.2, 0.25) is 0 Å². The molecule has 0 atom stereocenters. The van der Waals surface area contributed by atoms with Crippen molar-refractivity contribution in [2.24, 2.45) is 0 Å². The summed E-state index contributed by atoms with van der Waals surface area (Å²) in [6.07, 6.45) is 8.53. The molecule has 0 heterocycles. The van der Waals surface area contributed by atoms with Gasteiger partial charge in [0.2, 0.25) is 11.8 Å². The third-order valence-corrected chi connectivity index (χ3v) is 12.6. The second-order valence-electron chi connectivity index (χ2n) is 20.9. The molecule has 352 valence electrons. The molecule has 0 spiro atoms. The van der Waals surface area contributed by atoms with E-state index in [1.807, 2.05) is 12.1 Å². The fourth-order valence-electron chi connectivity index (χ4n) is 8.52. The summed E-state index contributed by atoms with van der Waals surface area (Å²) in [5.74, 6) is -1.80. The molecule has 0 unspecified atom stereocenters. The number of aromatic carboxylic acids is 1. The van der Waals surface area contributed by atoms with Crippen molar-refractivity contribution in [2.75, 3.05) is 18.5 Å². The van der Waals surface area contributed by atoms with Crippen molar-refractivity contribution in [3.8, 4) is 5.75 Å². The number of anilines is 1. The van der Waals surface area contributed by atoms with Crippen LogP contribution in [0.4, 0.5) is 5.69 Å². The highest BCUT2D eigenvalue weighted by atomic mass is 16.5. The first kappa shape index (κ1) is 51.3. The molecular formula is C58H74N2O6. The summed E-state index contributed by atoms with van der Waals surface area (Å²) in [5.41, 5.74) is 9.00. The number of aromatic hydroxyl groups is 1. The van der Waals surface area contributed by atoms with Gasteiger partial charge >= 0.3 is 5.97 Å². The maximum atomic E-state index is 13.1. The van der Waals surface area contributed by atoms with E-state index in [0.29, 0.717) is 25.3 Å². The minimum Gasteiger partial charge on any atom is -0.507 e. The number of rotatable bonds is 21. The van der Waals surface area contributed by atoms with Crippen LogP contribution in [-0.4, -0.2) is 41.1 Å². The van der Waals surface area contributed by atoms with E-state index < -0.39 is 11.4 Å². The topological polar surface area (TPSA) is 125 Å². The lowest BCUT2D eigenvalue weighted by molar-refractivity contribution is -0.124. The Bertz CT molecular complexity index is 2210. The van der Waals surface area contributed by atoms with E-state index in [2.05, 4.69) is 158 Å². The Labute approximate surface area is 394 Å². The summed E-state index contributed by atoms with van der Waals surface area (Å²) in [6.45, 7) is 21.0. The molecule has 0 bridgehead atoms. The maximum absolute atomic E-state index is 13.1. The van der Waals surface area contributed by atoms with Crippen LogP contribution >= 0.6 is 0 Å². The molecule has 66 heavy (non-hydrogen) atoms. The molecule has 2 amide bonds. The molecule has 0 radical (unpaired) electrons. The zero-order valence-corrected chi connectivity index (χ0v) is 41.0. The number of carbonyl (C=O) groups excluding carboxylic acids is 2. The van der Waals surface area contributed by atoms with Crippen LogP contribution in [0, 0.1) is 0 Å². The van der Waals surface area contributed by atoms with Crippen molar-refractivity contribution in [1.82, 2.24) is 5.32 Å². The molecule has 5 aromatic carbocycles. The Morgan fingerprint density at radius 1 is 0.500 bits per heavy atom. The van der Waals surface area contributed by atoms with Gasteiger partial charge in [-0.05, 0) is 97.9 Å². The summed E-state index contributed by atoms with van der Waals surface area (Å²) >= 11 is 0. The molecule has 8 heteroatoms. The fraction of sp³-hybridized carbons (Fsp3) is 0.431. The van der Waals surface area contributed by atoms with Crippen LogP contribution in [0.25, 0.3) is 0 Å². The van der Waals surface area contributed by atoms with Gasteiger partial charge in [0.1, 0.15) is 11.3 Å². The minimum absolute atomic E-state index is 0.00268. The molecule has 0 saturated heterocycles. The highest BCUT2D eigenvalue weighted by Crippen LogP contribution is 2.47. The maximum Gasteiger partial charge on any atom is 0.339 e. The first-order valence-electron chi connectivity index (χ1n) is 23.8. The van der Waals surface area contributed by atoms with Crippen LogP contribution in [0.1, 0.15) is 175 Å². The summed E-state index contributed by atoms with van der Waals surface area (Å²) < 4.78 is 5.69. The lowest BCUT2D eigenvalue weighted by atomic mass is 9.64. The van der Waals surface area contributed by atoms with E-state index in [9.17, 15) is 19.5 Å². The van der Waals surface area contributed by atoms with Gasteiger partial charge in [0.05, 0.1) is 18.6 Å². The number of hydrogen-bond acceptors (Lipinski definition) is 5. The van der Waals surface area contributed by atoms with Crippen molar-refractivity contribution >= 4 is 23.5 Å². The predicted octanol–water partition coefficient (Wildman–Crippen LogP) is 13.1. The minimum atomic E-state index is -1.16.